The largest absolute Gasteiger partial charge is 0.452 e. The fourth-order valence-electron chi connectivity index (χ4n) is 2.37. The molecule has 0 aliphatic heterocycles. The normalized spacial score (nSPS) is 15.5. The lowest BCUT2D eigenvalue weighted by atomic mass is 10.3. The summed E-state index contributed by atoms with van der Waals surface area (Å²) in [5, 5.41) is 16.6. The number of pyridine rings is 1. The summed E-state index contributed by atoms with van der Waals surface area (Å²) in [7, 11) is 0. The van der Waals surface area contributed by atoms with Gasteiger partial charge in [-0.1, -0.05) is 0 Å². The van der Waals surface area contributed by atoms with Crippen LogP contribution in [0.5, 0.6) is 0 Å². The Bertz CT molecular complexity index is 922. The van der Waals surface area contributed by atoms with Crippen molar-refractivity contribution in [3.8, 4) is 0 Å². The molecule has 3 heterocycles. The highest BCUT2D eigenvalue weighted by Crippen LogP contribution is 2.37. The van der Waals surface area contributed by atoms with E-state index in [2.05, 4.69) is 20.2 Å². The van der Waals surface area contributed by atoms with Crippen molar-refractivity contribution >= 4 is 28.6 Å². The molecule has 0 bridgehead atoms. The third-order valence-electron chi connectivity index (χ3n) is 3.78. The van der Waals surface area contributed by atoms with E-state index in [0.29, 0.717) is 16.5 Å². The van der Waals surface area contributed by atoms with E-state index in [1.165, 1.54) is 24.0 Å². The second-order valence-corrected chi connectivity index (χ2v) is 6.70. The lowest BCUT2D eigenvalue weighted by Gasteiger charge is -2.09. The highest BCUT2D eigenvalue weighted by molar-refractivity contribution is 7.99. The van der Waals surface area contributed by atoms with E-state index < -0.39 is 12.0 Å². The van der Waals surface area contributed by atoms with E-state index in [9.17, 15) is 18.3 Å². The molecular formula is C14H12F3N5OS. The molecule has 1 aliphatic rings. The number of halogens is 3. The number of aliphatic hydroxyl groups is 1. The summed E-state index contributed by atoms with van der Waals surface area (Å²) in [5.74, 6) is 0.247. The maximum atomic E-state index is 13.3. The predicted molar refractivity (Wildman–Crippen MR) is 80.5 cm³/mol. The zero-order chi connectivity index (χ0) is 16.9. The maximum absolute atomic E-state index is 13.3. The molecule has 3 aromatic rings. The standard InChI is InChI=1S/C14H12F3N5OS/c15-14(16,17)13-21-20-11-12(24-6-7-1-2-7)19-9-3-8(5-23)4-18-10(9)22(11)13/h3-4,7,23H,1-2,5-6H2. The Morgan fingerprint density at radius 3 is 2.71 bits per heavy atom. The van der Waals surface area contributed by atoms with Crippen LogP contribution in [0.1, 0.15) is 24.2 Å². The number of rotatable bonds is 4. The average molecular weight is 355 g/mol. The van der Waals surface area contributed by atoms with Gasteiger partial charge in [-0.25, -0.2) is 9.97 Å². The molecule has 10 heteroatoms. The van der Waals surface area contributed by atoms with Gasteiger partial charge in [-0.15, -0.1) is 22.0 Å². The van der Waals surface area contributed by atoms with E-state index in [0.717, 1.165) is 23.0 Å². The molecule has 0 radical (unpaired) electrons. The number of alkyl halides is 3. The first kappa shape index (κ1) is 15.6. The van der Waals surface area contributed by atoms with Crippen LogP contribution < -0.4 is 0 Å². The van der Waals surface area contributed by atoms with Crippen molar-refractivity contribution in [3.05, 3.63) is 23.7 Å². The van der Waals surface area contributed by atoms with Crippen LogP contribution in [0.3, 0.4) is 0 Å². The van der Waals surface area contributed by atoms with E-state index >= 15 is 0 Å². The van der Waals surface area contributed by atoms with Crippen LogP contribution in [0.4, 0.5) is 13.2 Å². The molecule has 4 rings (SSSR count). The van der Waals surface area contributed by atoms with Crippen molar-refractivity contribution in [1.82, 2.24) is 24.6 Å². The molecule has 1 N–H and O–H groups in total. The van der Waals surface area contributed by atoms with Crippen LogP contribution in [0.15, 0.2) is 17.3 Å². The summed E-state index contributed by atoms with van der Waals surface area (Å²) in [6.45, 7) is -0.262. The van der Waals surface area contributed by atoms with Crippen molar-refractivity contribution in [2.24, 2.45) is 5.92 Å². The minimum Gasteiger partial charge on any atom is -0.392 e. The van der Waals surface area contributed by atoms with Crippen molar-refractivity contribution in [2.45, 2.75) is 30.7 Å². The number of thioether (sulfide) groups is 1. The Hall–Kier alpha value is -1.94. The Balaban J connectivity index is 1.96. The van der Waals surface area contributed by atoms with Gasteiger partial charge in [0.25, 0.3) is 0 Å². The summed E-state index contributed by atoms with van der Waals surface area (Å²) >= 11 is 1.38. The molecule has 1 saturated carbocycles. The van der Waals surface area contributed by atoms with Gasteiger partial charge in [-0.2, -0.15) is 13.2 Å². The third-order valence-corrected chi connectivity index (χ3v) is 4.97. The van der Waals surface area contributed by atoms with Crippen LogP contribution in [-0.2, 0) is 12.8 Å². The van der Waals surface area contributed by atoms with Crippen molar-refractivity contribution in [3.63, 3.8) is 0 Å². The van der Waals surface area contributed by atoms with E-state index in [1.807, 2.05) is 0 Å². The molecule has 1 fully saturated rings. The van der Waals surface area contributed by atoms with E-state index in [-0.39, 0.29) is 23.4 Å². The Morgan fingerprint density at radius 1 is 1.25 bits per heavy atom. The highest BCUT2D eigenvalue weighted by Gasteiger charge is 2.38. The molecule has 0 saturated heterocycles. The number of aliphatic hydroxyl groups excluding tert-OH is 1. The smallest absolute Gasteiger partial charge is 0.392 e. The minimum atomic E-state index is -4.65. The van der Waals surface area contributed by atoms with Crippen LogP contribution >= 0.6 is 11.8 Å². The molecule has 1 aliphatic carbocycles. The van der Waals surface area contributed by atoms with Gasteiger partial charge in [0, 0.05) is 11.9 Å². The lowest BCUT2D eigenvalue weighted by Crippen LogP contribution is -2.12. The topological polar surface area (TPSA) is 76.2 Å². The van der Waals surface area contributed by atoms with Gasteiger partial charge in [0.1, 0.15) is 10.5 Å². The summed E-state index contributed by atoms with van der Waals surface area (Å²) in [5.41, 5.74) is 0.840. The molecular weight excluding hydrogens is 343 g/mol. The maximum Gasteiger partial charge on any atom is 0.452 e. The van der Waals surface area contributed by atoms with Gasteiger partial charge in [0.05, 0.1) is 6.61 Å². The first-order chi connectivity index (χ1) is 11.5. The zero-order valence-electron chi connectivity index (χ0n) is 12.3. The molecule has 24 heavy (non-hydrogen) atoms. The SMILES string of the molecule is OCc1cnc2c(c1)nc(SCC1CC1)c1nnc(C(F)(F)F)n12. The molecule has 126 valence electrons. The Kier molecular flexibility index (Phi) is 3.61. The van der Waals surface area contributed by atoms with E-state index in [4.69, 9.17) is 0 Å². The number of nitrogens with zero attached hydrogens (tertiary/aromatic N) is 5. The second kappa shape index (κ2) is 5.55. The van der Waals surface area contributed by atoms with E-state index in [1.54, 1.807) is 0 Å². The highest BCUT2D eigenvalue weighted by atomic mass is 32.2. The van der Waals surface area contributed by atoms with Crippen molar-refractivity contribution in [2.75, 3.05) is 5.75 Å². The van der Waals surface area contributed by atoms with Gasteiger partial charge < -0.3 is 5.11 Å². The summed E-state index contributed by atoms with van der Waals surface area (Å²) < 4.78 is 40.7. The van der Waals surface area contributed by atoms with Gasteiger partial charge in [-0.05, 0) is 30.4 Å². The first-order valence-electron chi connectivity index (χ1n) is 7.32. The van der Waals surface area contributed by atoms with Crippen molar-refractivity contribution < 1.29 is 18.3 Å². The molecule has 0 amide bonds. The summed E-state index contributed by atoms with van der Waals surface area (Å²) in [6, 6.07) is 1.53. The van der Waals surface area contributed by atoms with Crippen LogP contribution in [0.2, 0.25) is 0 Å². The van der Waals surface area contributed by atoms with Crippen molar-refractivity contribution in [1.29, 1.82) is 0 Å². The summed E-state index contributed by atoms with van der Waals surface area (Å²) in [6.07, 6.45) is -1.06. The molecule has 0 atom stereocenters. The molecule has 0 unspecified atom stereocenters. The molecule has 0 spiro atoms. The van der Waals surface area contributed by atoms with Gasteiger partial charge >= 0.3 is 6.18 Å². The molecule has 6 nitrogen and oxygen atoms in total. The first-order valence-corrected chi connectivity index (χ1v) is 8.30. The van der Waals surface area contributed by atoms with Gasteiger partial charge in [0.15, 0.2) is 11.3 Å². The van der Waals surface area contributed by atoms with Gasteiger partial charge in [0.2, 0.25) is 5.82 Å². The van der Waals surface area contributed by atoms with Crippen LogP contribution in [0.25, 0.3) is 16.8 Å². The number of hydrogen-bond donors (Lipinski definition) is 1. The number of hydrogen-bond acceptors (Lipinski definition) is 6. The molecule has 0 aromatic carbocycles. The quantitative estimate of drug-likeness (QED) is 0.725. The minimum absolute atomic E-state index is 0.0234. The fraction of sp³-hybridized carbons (Fsp3) is 0.429. The predicted octanol–water partition coefficient (Wildman–Crippen LogP) is 2.69. The number of aromatic nitrogens is 5. The third kappa shape index (κ3) is 2.69. The summed E-state index contributed by atoms with van der Waals surface area (Å²) in [4.78, 5) is 8.43. The van der Waals surface area contributed by atoms with Crippen LogP contribution in [-0.4, -0.2) is 35.4 Å². The monoisotopic (exact) mass is 355 g/mol. The Labute approximate surface area is 138 Å². The number of fused-ring (bicyclic) bond motifs is 3. The fourth-order valence-corrected chi connectivity index (χ4v) is 3.52. The molecule has 3 aromatic heterocycles. The van der Waals surface area contributed by atoms with Gasteiger partial charge in [-0.3, -0.25) is 4.40 Å². The van der Waals surface area contributed by atoms with Crippen LogP contribution in [0, 0.1) is 5.92 Å². The second-order valence-electron chi connectivity index (χ2n) is 5.70. The average Bonchev–Trinajstić information content (AvgIpc) is 3.26. The lowest BCUT2D eigenvalue weighted by molar-refractivity contribution is -0.145. The zero-order valence-corrected chi connectivity index (χ0v) is 13.1. The Morgan fingerprint density at radius 2 is 2.04 bits per heavy atom.